The van der Waals surface area contributed by atoms with Gasteiger partial charge in [-0.05, 0) is 23.6 Å². The van der Waals surface area contributed by atoms with Crippen molar-refractivity contribution in [1.29, 1.82) is 0 Å². The number of amides is 1. The van der Waals surface area contributed by atoms with Crippen molar-refractivity contribution in [3.05, 3.63) is 23.7 Å². The Bertz CT molecular complexity index is 571. The Kier molecular flexibility index (Phi) is 3.36. The van der Waals surface area contributed by atoms with E-state index in [2.05, 4.69) is 10.3 Å². The van der Waals surface area contributed by atoms with E-state index in [-0.39, 0.29) is 11.3 Å². The minimum absolute atomic E-state index is 0.169. The lowest BCUT2D eigenvalue weighted by atomic mass is 9.87. The van der Waals surface area contributed by atoms with Gasteiger partial charge in [0.2, 0.25) is 5.91 Å². The van der Waals surface area contributed by atoms with E-state index >= 15 is 0 Å². The Hall–Kier alpha value is -1.46. The average molecular weight is 263 g/mol. The zero-order valence-corrected chi connectivity index (χ0v) is 11.5. The molecule has 1 aromatic carbocycles. The largest absolute Gasteiger partial charge is 0.325 e. The van der Waals surface area contributed by atoms with Gasteiger partial charge in [0.15, 0.2) is 0 Å². The second-order valence-corrected chi connectivity index (χ2v) is 6.25. The Labute approximate surface area is 110 Å². The van der Waals surface area contributed by atoms with E-state index in [0.29, 0.717) is 0 Å². The topological polar surface area (TPSA) is 68.0 Å². The monoisotopic (exact) mass is 263 g/mol. The third-order valence-corrected chi connectivity index (χ3v) is 3.62. The third kappa shape index (κ3) is 2.68. The van der Waals surface area contributed by atoms with Gasteiger partial charge in [0, 0.05) is 5.69 Å². The van der Waals surface area contributed by atoms with Gasteiger partial charge in [-0.15, -0.1) is 11.3 Å². The summed E-state index contributed by atoms with van der Waals surface area (Å²) >= 11 is 1.58. The molecule has 0 fully saturated rings. The van der Waals surface area contributed by atoms with E-state index in [9.17, 15) is 4.79 Å². The van der Waals surface area contributed by atoms with Gasteiger partial charge in [0.05, 0.1) is 21.8 Å². The number of rotatable bonds is 2. The third-order valence-electron chi connectivity index (χ3n) is 2.81. The number of hydrogen-bond acceptors (Lipinski definition) is 4. The average Bonchev–Trinajstić information content (AvgIpc) is 2.73. The fourth-order valence-corrected chi connectivity index (χ4v) is 2.21. The molecule has 1 atom stereocenters. The zero-order chi connectivity index (χ0) is 13.3. The molecule has 96 valence electrons. The van der Waals surface area contributed by atoms with Gasteiger partial charge in [-0.1, -0.05) is 20.8 Å². The molecule has 4 nitrogen and oxygen atoms in total. The number of hydrogen-bond donors (Lipinski definition) is 2. The lowest BCUT2D eigenvalue weighted by Gasteiger charge is -2.25. The van der Waals surface area contributed by atoms with Crippen molar-refractivity contribution in [3.8, 4) is 0 Å². The van der Waals surface area contributed by atoms with Crippen molar-refractivity contribution < 1.29 is 4.79 Å². The molecule has 0 aliphatic carbocycles. The van der Waals surface area contributed by atoms with E-state index in [1.54, 1.807) is 16.8 Å². The number of aromatic nitrogens is 1. The van der Waals surface area contributed by atoms with Crippen LogP contribution in [-0.2, 0) is 4.79 Å². The molecular weight excluding hydrogens is 246 g/mol. The summed E-state index contributed by atoms with van der Waals surface area (Å²) in [6, 6.07) is 5.14. The van der Waals surface area contributed by atoms with Crippen LogP contribution in [0.4, 0.5) is 5.69 Å². The minimum atomic E-state index is -0.538. The predicted octanol–water partition coefficient (Wildman–Crippen LogP) is 2.61. The van der Waals surface area contributed by atoms with Gasteiger partial charge in [0.25, 0.3) is 0 Å². The molecule has 2 rings (SSSR count). The van der Waals surface area contributed by atoms with Crippen molar-refractivity contribution in [2.75, 3.05) is 5.32 Å². The normalized spacial score (nSPS) is 13.6. The first kappa shape index (κ1) is 13.0. The number of benzene rings is 1. The Morgan fingerprint density at radius 3 is 2.83 bits per heavy atom. The van der Waals surface area contributed by atoms with Crippen LogP contribution in [-0.4, -0.2) is 16.9 Å². The van der Waals surface area contributed by atoms with Crippen LogP contribution in [0, 0.1) is 5.41 Å². The molecule has 2 aromatic rings. The number of nitrogens with zero attached hydrogens (tertiary/aromatic N) is 1. The molecule has 0 bridgehead atoms. The lowest BCUT2D eigenvalue weighted by Crippen LogP contribution is -2.45. The van der Waals surface area contributed by atoms with Crippen LogP contribution in [0.5, 0.6) is 0 Å². The van der Waals surface area contributed by atoms with Gasteiger partial charge >= 0.3 is 0 Å². The van der Waals surface area contributed by atoms with Crippen LogP contribution in [0.25, 0.3) is 10.2 Å². The van der Waals surface area contributed by atoms with E-state index in [1.165, 1.54) is 0 Å². The summed E-state index contributed by atoms with van der Waals surface area (Å²) in [4.78, 5) is 16.2. The van der Waals surface area contributed by atoms with Crippen LogP contribution in [0.3, 0.4) is 0 Å². The summed E-state index contributed by atoms with van der Waals surface area (Å²) in [5.74, 6) is -0.169. The maximum Gasteiger partial charge on any atom is 0.241 e. The molecule has 1 aromatic heterocycles. The van der Waals surface area contributed by atoms with Crippen LogP contribution >= 0.6 is 11.3 Å². The molecule has 0 aliphatic heterocycles. The molecule has 0 aliphatic rings. The Morgan fingerprint density at radius 1 is 1.44 bits per heavy atom. The first-order valence-corrected chi connectivity index (χ1v) is 6.65. The van der Waals surface area contributed by atoms with Crippen LogP contribution in [0.15, 0.2) is 23.7 Å². The number of nitrogens with one attached hydrogen (secondary N) is 1. The van der Waals surface area contributed by atoms with Crippen molar-refractivity contribution >= 4 is 33.1 Å². The highest BCUT2D eigenvalue weighted by Gasteiger charge is 2.27. The van der Waals surface area contributed by atoms with Gasteiger partial charge in [0.1, 0.15) is 0 Å². The number of fused-ring (bicyclic) bond motifs is 1. The Morgan fingerprint density at radius 2 is 2.17 bits per heavy atom. The standard InChI is InChI=1S/C13H17N3OS/c1-13(2,3)11(14)12(17)16-8-4-5-10-9(6-8)15-7-18-10/h4-7,11H,14H2,1-3H3,(H,16,17)/t11-/m1/s1. The molecule has 0 saturated carbocycles. The summed E-state index contributed by atoms with van der Waals surface area (Å²) in [5.41, 5.74) is 9.07. The quantitative estimate of drug-likeness (QED) is 0.875. The van der Waals surface area contributed by atoms with E-state index in [4.69, 9.17) is 5.73 Å². The van der Waals surface area contributed by atoms with E-state index in [1.807, 2.05) is 39.0 Å². The molecule has 18 heavy (non-hydrogen) atoms. The maximum absolute atomic E-state index is 12.0. The van der Waals surface area contributed by atoms with Crippen LogP contribution in [0.1, 0.15) is 20.8 Å². The van der Waals surface area contributed by atoms with Crippen LogP contribution in [0.2, 0.25) is 0 Å². The van der Waals surface area contributed by atoms with Gasteiger partial charge in [-0.2, -0.15) is 0 Å². The van der Waals surface area contributed by atoms with Crippen LogP contribution < -0.4 is 11.1 Å². The van der Waals surface area contributed by atoms with Gasteiger partial charge in [-0.3, -0.25) is 4.79 Å². The molecule has 0 unspecified atom stereocenters. The molecule has 3 N–H and O–H groups in total. The summed E-state index contributed by atoms with van der Waals surface area (Å²) in [5, 5.41) is 2.83. The maximum atomic E-state index is 12.0. The number of anilines is 1. The first-order valence-electron chi connectivity index (χ1n) is 5.77. The molecule has 0 radical (unpaired) electrons. The summed E-state index contributed by atoms with van der Waals surface area (Å²) < 4.78 is 1.10. The highest BCUT2D eigenvalue weighted by Crippen LogP contribution is 2.23. The second kappa shape index (κ2) is 4.66. The molecular formula is C13H17N3OS. The van der Waals surface area contributed by atoms with E-state index < -0.39 is 6.04 Å². The molecule has 0 saturated heterocycles. The van der Waals surface area contributed by atoms with Crippen molar-refractivity contribution in [1.82, 2.24) is 4.98 Å². The molecule has 0 spiro atoms. The SMILES string of the molecule is CC(C)(C)[C@H](N)C(=O)Nc1ccc2scnc2c1. The summed E-state index contributed by atoms with van der Waals surface area (Å²) in [7, 11) is 0. The van der Waals surface area contributed by atoms with Gasteiger partial charge in [-0.25, -0.2) is 4.98 Å². The lowest BCUT2D eigenvalue weighted by molar-refractivity contribution is -0.119. The minimum Gasteiger partial charge on any atom is -0.325 e. The zero-order valence-electron chi connectivity index (χ0n) is 10.7. The van der Waals surface area contributed by atoms with E-state index in [0.717, 1.165) is 15.9 Å². The first-order chi connectivity index (χ1) is 8.38. The summed E-state index contributed by atoms with van der Waals surface area (Å²) in [6.45, 7) is 5.84. The number of nitrogens with two attached hydrogens (primary N) is 1. The Balaban J connectivity index is 2.16. The van der Waals surface area contributed by atoms with Crippen molar-refractivity contribution in [2.45, 2.75) is 26.8 Å². The molecule has 1 amide bonds. The molecule has 1 heterocycles. The fourth-order valence-electron chi connectivity index (χ4n) is 1.55. The smallest absolute Gasteiger partial charge is 0.241 e. The fraction of sp³-hybridized carbons (Fsp3) is 0.385. The highest BCUT2D eigenvalue weighted by atomic mass is 32.1. The van der Waals surface area contributed by atoms with Crippen molar-refractivity contribution in [2.24, 2.45) is 11.1 Å². The second-order valence-electron chi connectivity index (χ2n) is 5.37. The molecule has 5 heteroatoms. The summed E-state index contributed by atoms with van der Waals surface area (Å²) in [6.07, 6.45) is 0. The van der Waals surface area contributed by atoms with Crippen molar-refractivity contribution in [3.63, 3.8) is 0 Å². The number of thiazole rings is 1. The highest BCUT2D eigenvalue weighted by molar-refractivity contribution is 7.16. The number of carbonyl (C=O) groups excluding carboxylic acids is 1. The van der Waals surface area contributed by atoms with Gasteiger partial charge < -0.3 is 11.1 Å². The number of carbonyl (C=O) groups is 1. The predicted molar refractivity (Wildman–Crippen MR) is 75.7 cm³/mol.